The summed E-state index contributed by atoms with van der Waals surface area (Å²) in [7, 11) is 1.58. The highest BCUT2D eigenvalue weighted by Gasteiger charge is 2.17. The van der Waals surface area contributed by atoms with Gasteiger partial charge in [0.1, 0.15) is 11.6 Å². The lowest BCUT2D eigenvalue weighted by Crippen LogP contribution is -2.23. The van der Waals surface area contributed by atoms with E-state index in [1.165, 1.54) is 12.1 Å². The SMILES string of the molecule is COc1ccc(F)cc1C(C)NC(C)c1ccccc1Cl. The number of hydrogen-bond acceptors (Lipinski definition) is 2. The van der Waals surface area contributed by atoms with Crippen LogP contribution in [0, 0.1) is 5.82 Å². The second-order valence-electron chi connectivity index (χ2n) is 5.02. The lowest BCUT2D eigenvalue weighted by Gasteiger charge is -2.23. The fraction of sp³-hybridized carbons (Fsp3) is 0.294. The molecule has 0 aliphatic carbocycles. The van der Waals surface area contributed by atoms with Gasteiger partial charge in [-0.3, -0.25) is 0 Å². The van der Waals surface area contributed by atoms with E-state index >= 15 is 0 Å². The monoisotopic (exact) mass is 307 g/mol. The number of ether oxygens (including phenoxy) is 1. The predicted octanol–water partition coefficient (Wildman–Crippen LogP) is 4.90. The van der Waals surface area contributed by atoms with E-state index in [1.807, 2.05) is 38.1 Å². The summed E-state index contributed by atoms with van der Waals surface area (Å²) < 4.78 is 18.8. The van der Waals surface area contributed by atoms with Gasteiger partial charge in [0.05, 0.1) is 7.11 Å². The fourth-order valence-electron chi connectivity index (χ4n) is 2.42. The normalized spacial score (nSPS) is 13.8. The third-order valence-corrected chi connectivity index (χ3v) is 3.87. The van der Waals surface area contributed by atoms with Gasteiger partial charge in [-0.15, -0.1) is 0 Å². The molecule has 0 radical (unpaired) electrons. The average molecular weight is 308 g/mol. The summed E-state index contributed by atoms with van der Waals surface area (Å²) in [5, 5.41) is 4.14. The molecule has 0 saturated heterocycles. The summed E-state index contributed by atoms with van der Waals surface area (Å²) in [5.41, 5.74) is 1.80. The highest BCUT2D eigenvalue weighted by Crippen LogP contribution is 2.29. The third kappa shape index (κ3) is 3.74. The van der Waals surface area contributed by atoms with Crippen LogP contribution in [0.15, 0.2) is 42.5 Å². The van der Waals surface area contributed by atoms with E-state index in [0.29, 0.717) is 5.75 Å². The summed E-state index contributed by atoms with van der Waals surface area (Å²) in [6.45, 7) is 4.01. The number of nitrogens with one attached hydrogen (secondary N) is 1. The molecule has 2 rings (SSSR count). The molecule has 112 valence electrons. The molecule has 0 heterocycles. The van der Waals surface area contributed by atoms with Crippen molar-refractivity contribution >= 4 is 11.6 Å². The van der Waals surface area contributed by atoms with Gasteiger partial charge in [-0.2, -0.15) is 0 Å². The standard InChI is InChI=1S/C17H19ClFNO/c1-11(14-6-4-5-7-16(14)18)20-12(2)15-10-13(19)8-9-17(15)21-3/h4-12,20H,1-3H3. The van der Waals surface area contributed by atoms with Crippen LogP contribution in [-0.2, 0) is 0 Å². The van der Waals surface area contributed by atoms with Gasteiger partial charge in [0.15, 0.2) is 0 Å². The van der Waals surface area contributed by atoms with Crippen LogP contribution in [0.1, 0.15) is 37.1 Å². The zero-order valence-corrected chi connectivity index (χ0v) is 13.1. The topological polar surface area (TPSA) is 21.3 Å². The molecule has 0 aliphatic heterocycles. The van der Waals surface area contributed by atoms with Crippen LogP contribution in [0.3, 0.4) is 0 Å². The first-order valence-electron chi connectivity index (χ1n) is 6.87. The zero-order valence-electron chi connectivity index (χ0n) is 12.4. The van der Waals surface area contributed by atoms with Gasteiger partial charge in [0, 0.05) is 22.7 Å². The molecule has 1 N–H and O–H groups in total. The van der Waals surface area contributed by atoms with Gasteiger partial charge < -0.3 is 10.1 Å². The van der Waals surface area contributed by atoms with Gasteiger partial charge in [-0.25, -0.2) is 4.39 Å². The molecule has 0 saturated carbocycles. The Hall–Kier alpha value is -1.58. The van der Waals surface area contributed by atoms with Crippen LogP contribution in [0.25, 0.3) is 0 Å². The maximum absolute atomic E-state index is 13.5. The van der Waals surface area contributed by atoms with Crippen molar-refractivity contribution in [3.05, 3.63) is 64.4 Å². The van der Waals surface area contributed by atoms with Crippen molar-refractivity contribution < 1.29 is 9.13 Å². The fourth-order valence-corrected chi connectivity index (χ4v) is 2.72. The first-order chi connectivity index (χ1) is 10.0. The van der Waals surface area contributed by atoms with Crippen LogP contribution in [0.2, 0.25) is 5.02 Å². The van der Waals surface area contributed by atoms with E-state index in [2.05, 4.69) is 5.32 Å². The Morgan fingerprint density at radius 1 is 1.05 bits per heavy atom. The molecule has 0 amide bonds. The second-order valence-corrected chi connectivity index (χ2v) is 5.43. The molecular formula is C17H19ClFNO. The van der Waals surface area contributed by atoms with Crippen molar-refractivity contribution in [2.24, 2.45) is 0 Å². The van der Waals surface area contributed by atoms with Crippen molar-refractivity contribution in [3.63, 3.8) is 0 Å². The van der Waals surface area contributed by atoms with E-state index in [-0.39, 0.29) is 17.9 Å². The molecule has 2 aromatic rings. The zero-order chi connectivity index (χ0) is 15.4. The predicted molar refractivity (Wildman–Crippen MR) is 84.4 cm³/mol. The average Bonchev–Trinajstić information content (AvgIpc) is 2.47. The molecule has 0 fully saturated rings. The number of rotatable bonds is 5. The Balaban J connectivity index is 2.20. The summed E-state index contributed by atoms with van der Waals surface area (Å²) in [6, 6.07) is 12.2. The third-order valence-electron chi connectivity index (χ3n) is 3.53. The number of halogens is 2. The molecule has 2 atom stereocenters. The van der Waals surface area contributed by atoms with E-state index in [9.17, 15) is 4.39 Å². The lowest BCUT2D eigenvalue weighted by atomic mass is 10.0. The molecule has 2 nitrogen and oxygen atoms in total. The van der Waals surface area contributed by atoms with E-state index in [0.717, 1.165) is 16.1 Å². The summed E-state index contributed by atoms with van der Waals surface area (Å²) in [6.07, 6.45) is 0. The summed E-state index contributed by atoms with van der Waals surface area (Å²) in [4.78, 5) is 0. The summed E-state index contributed by atoms with van der Waals surface area (Å²) in [5.74, 6) is 0.396. The highest BCUT2D eigenvalue weighted by molar-refractivity contribution is 6.31. The van der Waals surface area contributed by atoms with Gasteiger partial charge in [-0.1, -0.05) is 29.8 Å². The minimum atomic E-state index is -0.273. The minimum Gasteiger partial charge on any atom is -0.496 e. The van der Waals surface area contributed by atoms with Gasteiger partial charge >= 0.3 is 0 Å². The molecule has 4 heteroatoms. The number of benzene rings is 2. The first kappa shape index (κ1) is 15.8. The molecule has 0 bridgehead atoms. The van der Waals surface area contributed by atoms with Gasteiger partial charge in [-0.05, 0) is 43.7 Å². The van der Waals surface area contributed by atoms with Crippen molar-refractivity contribution in [3.8, 4) is 5.75 Å². The molecule has 0 aliphatic rings. The maximum atomic E-state index is 13.5. The van der Waals surface area contributed by atoms with Crippen molar-refractivity contribution in [2.75, 3.05) is 7.11 Å². The Labute approximate surface area is 129 Å². The van der Waals surface area contributed by atoms with Crippen LogP contribution in [-0.4, -0.2) is 7.11 Å². The Kier molecular flexibility index (Phi) is 5.21. The second kappa shape index (κ2) is 6.92. The minimum absolute atomic E-state index is 0.0432. The molecule has 2 aromatic carbocycles. The quantitative estimate of drug-likeness (QED) is 0.848. The van der Waals surface area contributed by atoms with Crippen LogP contribution in [0.5, 0.6) is 5.75 Å². The Morgan fingerprint density at radius 2 is 1.71 bits per heavy atom. The molecule has 0 spiro atoms. The van der Waals surface area contributed by atoms with Gasteiger partial charge in [0.25, 0.3) is 0 Å². The van der Waals surface area contributed by atoms with E-state index < -0.39 is 0 Å². The Morgan fingerprint density at radius 3 is 2.38 bits per heavy atom. The highest BCUT2D eigenvalue weighted by atomic mass is 35.5. The van der Waals surface area contributed by atoms with Crippen molar-refractivity contribution in [1.29, 1.82) is 0 Å². The van der Waals surface area contributed by atoms with Crippen LogP contribution < -0.4 is 10.1 Å². The smallest absolute Gasteiger partial charge is 0.123 e. The van der Waals surface area contributed by atoms with Crippen LogP contribution in [0.4, 0.5) is 4.39 Å². The van der Waals surface area contributed by atoms with E-state index in [4.69, 9.17) is 16.3 Å². The largest absolute Gasteiger partial charge is 0.496 e. The van der Waals surface area contributed by atoms with Crippen molar-refractivity contribution in [2.45, 2.75) is 25.9 Å². The first-order valence-corrected chi connectivity index (χ1v) is 7.24. The molecule has 21 heavy (non-hydrogen) atoms. The van der Waals surface area contributed by atoms with Crippen LogP contribution >= 0.6 is 11.6 Å². The van der Waals surface area contributed by atoms with Crippen molar-refractivity contribution in [1.82, 2.24) is 5.32 Å². The Bertz CT molecular complexity index is 617. The molecule has 0 aromatic heterocycles. The lowest BCUT2D eigenvalue weighted by molar-refractivity contribution is 0.395. The number of hydrogen-bond donors (Lipinski definition) is 1. The van der Waals surface area contributed by atoms with Gasteiger partial charge in [0.2, 0.25) is 0 Å². The number of methoxy groups -OCH3 is 1. The maximum Gasteiger partial charge on any atom is 0.123 e. The summed E-state index contributed by atoms with van der Waals surface area (Å²) >= 11 is 6.21. The molecular weight excluding hydrogens is 289 g/mol. The van der Waals surface area contributed by atoms with E-state index in [1.54, 1.807) is 13.2 Å². The molecule has 2 unspecified atom stereocenters.